The van der Waals surface area contributed by atoms with Gasteiger partial charge in [0.2, 0.25) is 5.91 Å². The zero-order chi connectivity index (χ0) is 19.5. The maximum absolute atomic E-state index is 11.7. The Kier molecular flexibility index (Phi) is 6.28. The van der Waals surface area contributed by atoms with Gasteiger partial charge in [-0.3, -0.25) is 9.69 Å². The Morgan fingerprint density at radius 1 is 1.31 bits per heavy atom. The summed E-state index contributed by atoms with van der Waals surface area (Å²) >= 11 is 0. The van der Waals surface area contributed by atoms with Gasteiger partial charge in [0.25, 0.3) is 0 Å². The number of piperidine rings is 1. The number of aryl methyl sites for hydroxylation is 1. The van der Waals surface area contributed by atoms with Gasteiger partial charge in [-0.05, 0) is 29.9 Å². The number of aliphatic carboxylic acids is 1. The number of carboxylic acid groups (broad SMARTS) is 1. The van der Waals surface area contributed by atoms with Gasteiger partial charge in [-0.15, -0.1) is 0 Å². The van der Waals surface area contributed by atoms with Crippen LogP contribution < -0.4 is 5.32 Å². The van der Waals surface area contributed by atoms with E-state index in [9.17, 15) is 18.0 Å². The smallest absolute Gasteiger partial charge is 0.475 e. The van der Waals surface area contributed by atoms with Crippen molar-refractivity contribution in [2.75, 3.05) is 19.6 Å². The quantitative estimate of drug-likeness (QED) is 0.837. The Labute approximate surface area is 150 Å². The highest BCUT2D eigenvalue weighted by atomic mass is 19.4. The van der Waals surface area contributed by atoms with E-state index in [1.807, 2.05) is 0 Å². The van der Waals surface area contributed by atoms with Crippen LogP contribution in [0.2, 0.25) is 0 Å². The molecule has 0 unspecified atom stereocenters. The molecule has 2 saturated heterocycles. The highest BCUT2D eigenvalue weighted by Gasteiger charge is 2.41. The lowest BCUT2D eigenvalue weighted by Crippen LogP contribution is -2.46. The molecule has 3 rings (SSSR count). The van der Waals surface area contributed by atoms with Crippen molar-refractivity contribution in [3.8, 4) is 0 Å². The van der Waals surface area contributed by atoms with Gasteiger partial charge in [-0.1, -0.05) is 31.2 Å². The molecule has 2 aliphatic rings. The number of fused-ring (bicyclic) bond motifs is 1. The Hall–Kier alpha value is -2.09. The molecule has 2 heterocycles. The van der Waals surface area contributed by atoms with Crippen molar-refractivity contribution >= 4 is 11.9 Å². The number of nitrogens with one attached hydrogen (secondary N) is 1. The van der Waals surface area contributed by atoms with Gasteiger partial charge < -0.3 is 10.4 Å². The van der Waals surface area contributed by atoms with Crippen LogP contribution in [0, 0.1) is 24.7 Å². The van der Waals surface area contributed by atoms with E-state index in [2.05, 4.69) is 48.3 Å². The maximum atomic E-state index is 11.7. The van der Waals surface area contributed by atoms with E-state index in [0.717, 1.165) is 26.2 Å². The number of nitrogens with zero attached hydrogens (tertiary/aromatic N) is 1. The van der Waals surface area contributed by atoms with Gasteiger partial charge >= 0.3 is 12.1 Å². The zero-order valence-corrected chi connectivity index (χ0v) is 14.7. The number of rotatable bonds is 2. The third-order valence-electron chi connectivity index (χ3n) is 5.06. The molecule has 2 N–H and O–H groups in total. The van der Waals surface area contributed by atoms with Crippen molar-refractivity contribution in [1.82, 2.24) is 10.2 Å². The summed E-state index contributed by atoms with van der Waals surface area (Å²) in [4.78, 5) is 23.1. The molecule has 0 aromatic heterocycles. The van der Waals surface area contributed by atoms with E-state index in [1.54, 1.807) is 0 Å². The van der Waals surface area contributed by atoms with Gasteiger partial charge in [-0.2, -0.15) is 13.2 Å². The standard InChI is InChI=1S/C16H22N2O.C2HF3O2/c1-11-5-3-4-6-13(11)8-18-9-14-7-17-16(19)12(2)15(14)10-18;3-2(4,5)1(6)7/h3-6,12,14-15H,7-10H2,1-2H3,(H,17,19);(H,6,7)/t12-,14-,15-;/m0./s1. The van der Waals surface area contributed by atoms with E-state index in [0.29, 0.717) is 11.8 Å². The SMILES string of the molecule is Cc1ccccc1CN1C[C@@H]2CNC(=O)[C@@H](C)[C@@H]2C1.O=C(O)C(F)(F)F. The van der Waals surface area contributed by atoms with Crippen molar-refractivity contribution in [1.29, 1.82) is 0 Å². The van der Waals surface area contributed by atoms with Gasteiger partial charge in [0.05, 0.1) is 0 Å². The van der Waals surface area contributed by atoms with Crippen LogP contribution in [-0.2, 0) is 16.1 Å². The summed E-state index contributed by atoms with van der Waals surface area (Å²) in [6.45, 7) is 8.30. The van der Waals surface area contributed by atoms with Crippen molar-refractivity contribution in [2.45, 2.75) is 26.6 Å². The number of benzene rings is 1. The van der Waals surface area contributed by atoms with Crippen LogP contribution in [0.4, 0.5) is 13.2 Å². The summed E-state index contributed by atoms with van der Waals surface area (Å²) in [5.41, 5.74) is 2.77. The van der Waals surface area contributed by atoms with Crippen molar-refractivity contribution in [2.24, 2.45) is 17.8 Å². The van der Waals surface area contributed by atoms with Crippen molar-refractivity contribution in [3.05, 3.63) is 35.4 Å². The molecule has 26 heavy (non-hydrogen) atoms. The Morgan fingerprint density at radius 3 is 2.50 bits per heavy atom. The van der Waals surface area contributed by atoms with Gasteiger partial charge in [-0.25, -0.2) is 4.79 Å². The number of carboxylic acids is 1. The van der Waals surface area contributed by atoms with E-state index in [1.165, 1.54) is 11.1 Å². The highest BCUT2D eigenvalue weighted by Crippen LogP contribution is 2.33. The molecule has 1 amide bonds. The van der Waals surface area contributed by atoms with Crippen LogP contribution in [0.15, 0.2) is 24.3 Å². The molecule has 5 nitrogen and oxygen atoms in total. The number of halogens is 3. The van der Waals surface area contributed by atoms with Crippen LogP contribution in [0.3, 0.4) is 0 Å². The predicted octanol–water partition coefficient (Wildman–Crippen LogP) is 2.44. The lowest BCUT2D eigenvalue weighted by atomic mass is 9.81. The number of alkyl halides is 3. The highest BCUT2D eigenvalue weighted by molar-refractivity contribution is 5.79. The Morgan fingerprint density at radius 2 is 1.92 bits per heavy atom. The second-order valence-electron chi connectivity index (χ2n) is 6.88. The topological polar surface area (TPSA) is 69.6 Å². The van der Waals surface area contributed by atoms with Crippen LogP contribution in [0.25, 0.3) is 0 Å². The molecular formula is C18H23F3N2O3. The van der Waals surface area contributed by atoms with E-state index in [-0.39, 0.29) is 11.8 Å². The number of carbonyl (C=O) groups excluding carboxylic acids is 1. The minimum absolute atomic E-state index is 0.167. The minimum Gasteiger partial charge on any atom is -0.475 e. The van der Waals surface area contributed by atoms with Crippen LogP contribution in [0.1, 0.15) is 18.1 Å². The molecule has 0 spiro atoms. The molecule has 144 valence electrons. The normalized spacial score (nSPS) is 25.7. The molecule has 8 heteroatoms. The molecule has 1 aromatic carbocycles. The summed E-state index contributed by atoms with van der Waals surface area (Å²) in [5.74, 6) is -1.18. The second-order valence-corrected chi connectivity index (χ2v) is 6.88. The van der Waals surface area contributed by atoms with Crippen LogP contribution in [0.5, 0.6) is 0 Å². The largest absolute Gasteiger partial charge is 0.490 e. The molecule has 0 bridgehead atoms. The summed E-state index contributed by atoms with van der Waals surface area (Å²) in [5, 5.41) is 10.2. The van der Waals surface area contributed by atoms with E-state index >= 15 is 0 Å². The Balaban J connectivity index is 0.000000298. The first kappa shape index (κ1) is 20.2. The minimum atomic E-state index is -5.08. The van der Waals surface area contributed by atoms with Gasteiger partial charge in [0.1, 0.15) is 0 Å². The van der Waals surface area contributed by atoms with E-state index in [4.69, 9.17) is 9.90 Å². The number of hydrogen-bond donors (Lipinski definition) is 2. The number of amides is 1. The van der Waals surface area contributed by atoms with Crippen molar-refractivity contribution in [3.63, 3.8) is 0 Å². The lowest BCUT2D eigenvalue weighted by molar-refractivity contribution is -0.192. The molecule has 0 radical (unpaired) electrons. The first-order valence-electron chi connectivity index (χ1n) is 8.44. The molecule has 2 fully saturated rings. The van der Waals surface area contributed by atoms with Gasteiger partial charge in [0.15, 0.2) is 0 Å². The summed E-state index contributed by atoms with van der Waals surface area (Å²) in [6, 6.07) is 8.59. The lowest BCUT2D eigenvalue weighted by Gasteiger charge is -2.30. The van der Waals surface area contributed by atoms with Gasteiger partial charge in [0, 0.05) is 32.1 Å². The summed E-state index contributed by atoms with van der Waals surface area (Å²) in [6.07, 6.45) is -5.08. The fraction of sp³-hybridized carbons (Fsp3) is 0.556. The average Bonchev–Trinajstić information content (AvgIpc) is 2.96. The van der Waals surface area contributed by atoms with Crippen LogP contribution in [-0.4, -0.2) is 47.7 Å². The molecule has 1 aromatic rings. The first-order chi connectivity index (χ1) is 12.1. The Bertz CT molecular complexity index is 663. The molecule has 0 saturated carbocycles. The fourth-order valence-corrected chi connectivity index (χ4v) is 3.52. The number of hydrogen-bond acceptors (Lipinski definition) is 3. The fourth-order valence-electron chi connectivity index (χ4n) is 3.52. The summed E-state index contributed by atoms with van der Waals surface area (Å²) in [7, 11) is 0. The number of likely N-dealkylation sites (tertiary alicyclic amines) is 1. The van der Waals surface area contributed by atoms with Crippen molar-refractivity contribution < 1.29 is 27.9 Å². The maximum Gasteiger partial charge on any atom is 0.490 e. The second kappa shape index (κ2) is 8.07. The zero-order valence-electron chi connectivity index (χ0n) is 14.7. The average molecular weight is 372 g/mol. The van der Waals surface area contributed by atoms with E-state index < -0.39 is 12.1 Å². The van der Waals surface area contributed by atoms with Crippen LogP contribution >= 0.6 is 0 Å². The first-order valence-corrected chi connectivity index (χ1v) is 8.44. The predicted molar refractivity (Wildman–Crippen MR) is 89.3 cm³/mol. The molecule has 3 atom stereocenters. The molecule has 0 aliphatic carbocycles. The molecule has 2 aliphatic heterocycles. The summed E-state index contributed by atoms with van der Waals surface area (Å²) < 4.78 is 31.7. The monoisotopic (exact) mass is 372 g/mol. The third-order valence-corrected chi connectivity index (χ3v) is 5.06. The molecular weight excluding hydrogens is 349 g/mol. The third kappa shape index (κ3) is 4.97. The number of carbonyl (C=O) groups is 2.